The number of aryl methyl sites for hydroxylation is 2. The highest BCUT2D eigenvalue weighted by atomic mass is 35.5. The Balaban J connectivity index is 1.82. The number of nitrogens with zero attached hydrogens (tertiary/aromatic N) is 2. The van der Waals surface area contributed by atoms with Crippen molar-refractivity contribution in [1.82, 2.24) is 10.2 Å². The lowest BCUT2D eigenvalue weighted by molar-refractivity contribution is -0.140. The highest BCUT2D eigenvalue weighted by Gasteiger charge is 2.35. The maximum atomic E-state index is 14.5. The first-order chi connectivity index (χ1) is 21.8. The van der Waals surface area contributed by atoms with Crippen LogP contribution >= 0.6 is 11.6 Å². The molecule has 0 saturated carbocycles. The minimum atomic E-state index is -4.27. The molecule has 0 unspecified atom stereocenters. The van der Waals surface area contributed by atoms with Crippen LogP contribution in [0.4, 0.5) is 10.1 Å². The van der Waals surface area contributed by atoms with Crippen LogP contribution in [0.15, 0.2) is 102 Å². The lowest BCUT2D eigenvalue weighted by atomic mass is 10.0. The summed E-state index contributed by atoms with van der Waals surface area (Å²) in [5.74, 6) is -1.27. The molecule has 0 saturated heterocycles. The van der Waals surface area contributed by atoms with Gasteiger partial charge in [0.25, 0.3) is 10.0 Å². The first kappa shape index (κ1) is 34.7. The van der Waals surface area contributed by atoms with E-state index in [0.717, 1.165) is 15.4 Å². The third-order valence-corrected chi connectivity index (χ3v) is 9.56. The summed E-state index contributed by atoms with van der Waals surface area (Å²) in [5.41, 5.74) is 3.11. The molecule has 4 aromatic carbocycles. The predicted molar refractivity (Wildman–Crippen MR) is 181 cm³/mol. The standard InChI is InChI=1S/C36H39ClFN3O4S/c1-25(2)22-39-36(43)34(20-28-8-6-5-7-9-28)40(23-29-13-16-31(38)17-14-29)35(42)24-41(33-21-30(37)15-12-27(33)4)46(44,45)32-18-10-26(3)11-19-32/h5-19,21,25,34H,20,22-24H2,1-4H3,(H,39,43)/t34-/m0/s1. The number of rotatable bonds is 13. The van der Waals surface area contributed by atoms with Crippen molar-refractivity contribution in [2.45, 2.75) is 51.6 Å². The second-order valence-electron chi connectivity index (χ2n) is 11.7. The normalized spacial score (nSPS) is 12.1. The molecule has 0 spiro atoms. The number of benzene rings is 4. The SMILES string of the molecule is Cc1ccc(S(=O)(=O)N(CC(=O)N(Cc2ccc(F)cc2)[C@@H](Cc2ccccc2)C(=O)NCC(C)C)c2cc(Cl)ccc2C)cc1. The summed E-state index contributed by atoms with van der Waals surface area (Å²) in [6.45, 7) is 7.24. The van der Waals surface area contributed by atoms with Crippen LogP contribution in [0.3, 0.4) is 0 Å². The number of anilines is 1. The molecule has 46 heavy (non-hydrogen) atoms. The summed E-state index contributed by atoms with van der Waals surface area (Å²) in [5, 5.41) is 3.25. The van der Waals surface area contributed by atoms with Crippen LogP contribution in [0.5, 0.6) is 0 Å². The van der Waals surface area contributed by atoms with Crippen LogP contribution in [0.1, 0.15) is 36.1 Å². The van der Waals surface area contributed by atoms with Crippen LogP contribution in [-0.2, 0) is 32.6 Å². The van der Waals surface area contributed by atoms with Crippen molar-refractivity contribution in [3.05, 3.63) is 130 Å². The summed E-state index contributed by atoms with van der Waals surface area (Å²) >= 11 is 6.34. The van der Waals surface area contributed by atoms with Gasteiger partial charge in [0, 0.05) is 24.5 Å². The molecule has 0 aliphatic rings. The summed E-state index contributed by atoms with van der Waals surface area (Å²) in [6, 6.07) is 25.2. The quantitative estimate of drug-likeness (QED) is 0.172. The minimum Gasteiger partial charge on any atom is -0.354 e. The second-order valence-corrected chi connectivity index (χ2v) is 14.0. The Labute approximate surface area is 276 Å². The third-order valence-electron chi connectivity index (χ3n) is 7.55. The van der Waals surface area contributed by atoms with Gasteiger partial charge in [-0.3, -0.25) is 13.9 Å². The van der Waals surface area contributed by atoms with E-state index in [2.05, 4.69) is 5.32 Å². The summed E-state index contributed by atoms with van der Waals surface area (Å²) in [7, 11) is -4.27. The van der Waals surface area contributed by atoms with E-state index in [1.807, 2.05) is 51.1 Å². The molecule has 242 valence electrons. The van der Waals surface area contributed by atoms with Crippen molar-refractivity contribution in [2.75, 3.05) is 17.4 Å². The van der Waals surface area contributed by atoms with E-state index >= 15 is 0 Å². The number of sulfonamides is 1. The molecule has 7 nitrogen and oxygen atoms in total. The topological polar surface area (TPSA) is 86.8 Å². The molecule has 0 aromatic heterocycles. The van der Waals surface area contributed by atoms with Crippen molar-refractivity contribution < 1.29 is 22.4 Å². The molecule has 0 aliphatic carbocycles. The highest BCUT2D eigenvalue weighted by molar-refractivity contribution is 7.92. The van der Waals surface area contributed by atoms with Crippen LogP contribution < -0.4 is 9.62 Å². The molecule has 4 aromatic rings. The van der Waals surface area contributed by atoms with Crippen molar-refractivity contribution in [2.24, 2.45) is 5.92 Å². The van der Waals surface area contributed by atoms with Crippen LogP contribution in [-0.4, -0.2) is 44.3 Å². The van der Waals surface area contributed by atoms with Gasteiger partial charge < -0.3 is 10.2 Å². The zero-order valence-corrected chi connectivity index (χ0v) is 28.0. The minimum absolute atomic E-state index is 0.00544. The predicted octanol–water partition coefficient (Wildman–Crippen LogP) is 6.70. The molecule has 4 rings (SSSR count). The number of hydrogen-bond acceptors (Lipinski definition) is 4. The van der Waals surface area contributed by atoms with Crippen LogP contribution in [0.2, 0.25) is 5.02 Å². The van der Waals surface area contributed by atoms with Gasteiger partial charge in [-0.05, 0) is 72.9 Å². The number of amides is 2. The van der Waals surface area contributed by atoms with Gasteiger partial charge in [0.1, 0.15) is 18.4 Å². The fraction of sp³-hybridized carbons (Fsp3) is 0.278. The summed E-state index contributed by atoms with van der Waals surface area (Å²) < 4.78 is 43.3. The molecule has 1 N–H and O–H groups in total. The molecule has 0 bridgehead atoms. The smallest absolute Gasteiger partial charge is 0.264 e. The van der Waals surface area contributed by atoms with Crippen LogP contribution in [0.25, 0.3) is 0 Å². The first-order valence-corrected chi connectivity index (χ1v) is 16.9. The Hall–Kier alpha value is -4.21. The molecule has 0 aliphatic heterocycles. The Morgan fingerprint density at radius 3 is 2.15 bits per heavy atom. The maximum Gasteiger partial charge on any atom is 0.264 e. The van der Waals surface area contributed by atoms with Gasteiger partial charge >= 0.3 is 0 Å². The Kier molecular flexibility index (Phi) is 11.6. The van der Waals surface area contributed by atoms with Gasteiger partial charge in [0.05, 0.1) is 10.6 Å². The third kappa shape index (κ3) is 8.95. The Morgan fingerprint density at radius 1 is 0.870 bits per heavy atom. The summed E-state index contributed by atoms with van der Waals surface area (Å²) in [4.78, 5) is 29.8. The number of hydrogen-bond donors (Lipinski definition) is 1. The monoisotopic (exact) mass is 663 g/mol. The van der Waals surface area contributed by atoms with E-state index < -0.39 is 34.3 Å². The summed E-state index contributed by atoms with van der Waals surface area (Å²) in [6.07, 6.45) is 0.179. The van der Waals surface area contributed by atoms with Crippen LogP contribution in [0, 0.1) is 25.6 Å². The van der Waals surface area contributed by atoms with E-state index in [4.69, 9.17) is 11.6 Å². The fourth-order valence-corrected chi connectivity index (χ4v) is 6.60. The largest absolute Gasteiger partial charge is 0.354 e. The average Bonchev–Trinajstić information content (AvgIpc) is 3.03. The number of carbonyl (C=O) groups excluding carboxylic acids is 2. The van der Waals surface area contributed by atoms with Crippen molar-refractivity contribution >= 4 is 39.1 Å². The van der Waals surface area contributed by atoms with E-state index in [9.17, 15) is 22.4 Å². The lowest BCUT2D eigenvalue weighted by Gasteiger charge is -2.34. The Morgan fingerprint density at radius 2 is 1.52 bits per heavy atom. The molecular formula is C36H39ClFN3O4S. The van der Waals surface area contributed by atoms with Crippen molar-refractivity contribution in [1.29, 1.82) is 0 Å². The van der Waals surface area contributed by atoms with Gasteiger partial charge in [-0.15, -0.1) is 0 Å². The van der Waals surface area contributed by atoms with E-state index in [-0.39, 0.29) is 35.4 Å². The van der Waals surface area contributed by atoms with Gasteiger partial charge in [0.2, 0.25) is 11.8 Å². The number of carbonyl (C=O) groups is 2. The zero-order chi connectivity index (χ0) is 33.4. The molecule has 0 fully saturated rings. The Bertz CT molecular complexity index is 1750. The lowest BCUT2D eigenvalue weighted by Crippen LogP contribution is -2.53. The molecule has 0 radical (unpaired) electrons. The highest BCUT2D eigenvalue weighted by Crippen LogP contribution is 2.30. The van der Waals surface area contributed by atoms with E-state index in [1.54, 1.807) is 43.3 Å². The van der Waals surface area contributed by atoms with Gasteiger partial charge in [-0.25, -0.2) is 12.8 Å². The molecule has 1 atom stereocenters. The number of nitrogens with one attached hydrogen (secondary N) is 1. The van der Waals surface area contributed by atoms with E-state index in [0.29, 0.717) is 22.7 Å². The molecule has 2 amide bonds. The zero-order valence-electron chi connectivity index (χ0n) is 26.4. The molecule has 0 heterocycles. The maximum absolute atomic E-state index is 14.5. The second kappa shape index (κ2) is 15.4. The van der Waals surface area contributed by atoms with E-state index in [1.165, 1.54) is 35.2 Å². The first-order valence-electron chi connectivity index (χ1n) is 15.1. The average molecular weight is 664 g/mol. The van der Waals surface area contributed by atoms with Crippen molar-refractivity contribution in [3.63, 3.8) is 0 Å². The fourth-order valence-electron chi connectivity index (χ4n) is 4.97. The van der Waals surface area contributed by atoms with Gasteiger partial charge in [-0.1, -0.05) is 91.7 Å². The van der Waals surface area contributed by atoms with Gasteiger partial charge in [-0.2, -0.15) is 0 Å². The molecule has 10 heteroatoms. The van der Waals surface area contributed by atoms with Gasteiger partial charge in [0.15, 0.2) is 0 Å². The number of halogens is 2. The van der Waals surface area contributed by atoms with Crippen molar-refractivity contribution in [3.8, 4) is 0 Å². The molecular weight excluding hydrogens is 625 g/mol.